The molecule has 1 unspecified atom stereocenters. The zero-order valence-corrected chi connectivity index (χ0v) is 41.0. The van der Waals surface area contributed by atoms with Crippen molar-refractivity contribution in [1.82, 2.24) is 29.1 Å². The molecule has 67 heavy (non-hydrogen) atoms. The summed E-state index contributed by atoms with van der Waals surface area (Å²) in [4.78, 5) is 44.6. The van der Waals surface area contributed by atoms with Gasteiger partial charge < -0.3 is 33.1 Å². The first-order valence-electron chi connectivity index (χ1n) is 22.0. The number of ether oxygens (including phenoxy) is 5. The van der Waals surface area contributed by atoms with E-state index in [0.29, 0.717) is 28.6 Å². The van der Waals surface area contributed by atoms with Gasteiger partial charge in [-0.25, -0.2) is 9.98 Å². The predicted molar refractivity (Wildman–Crippen MR) is 266 cm³/mol. The van der Waals surface area contributed by atoms with Crippen LogP contribution in [0.2, 0.25) is 0 Å². The minimum absolute atomic E-state index is 0.00919. The maximum atomic E-state index is 13.4. The Morgan fingerprint density at radius 1 is 0.910 bits per heavy atom. The lowest BCUT2D eigenvalue weighted by Crippen LogP contribution is -2.48. The molecular weight excluding hydrogens is 910 g/mol. The average molecular weight is 966 g/mol. The number of aliphatic imine (C=N–C) groups is 1. The Labute approximate surface area is 400 Å². The molecule has 0 radical (unpaired) electrons. The van der Waals surface area contributed by atoms with Gasteiger partial charge in [0.05, 0.1) is 33.5 Å². The summed E-state index contributed by atoms with van der Waals surface area (Å²) in [5.41, 5.74) is 0.866. The third-order valence-corrected chi connectivity index (χ3v) is 16.9. The number of carbonyl (C=O) groups is 1. The predicted octanol–water partition coefficient (Wildman–Crippen LogP) is 8.68. The summed E-state index contributed by atoms with van der Waals surface area (Å²) in [6.07, 6.45) is 2.86. The molecule has 4 aromatic carbocycles. The molecule has 18 heteroatoms. The Bertz CT molecular complexity index is 2600. The molecule has 2 aromatic heterocycles. The average Bonchev–Trinajstić information content (AvgIpc) is 4.12. The molecule has 15 nitrogen and oxygen atoms in total. The number of aromatic amines is 1. The molecule has 0 amide bonds. The molecule has 2 saturated heterocycles. The minimum atomic E-state index is -1.30. The molecule has 5 atom stereocenters. The largest absolute Gasteiger partial charge is 0.497 e. The zero-order chi connectivity index (χ0) is 47.0. The van der Waals surface area contributed by atoms with E-state index in [-0.39, 0.29) is 28.8 Å². The van der Waals surface area contributed by atoms with Crippen LogP contribution in [0, 0.1) is 0 Å². The summed E-state index contributed by atoms with van der Waals surface area (Å²) in [6.45, 7) is 3.75. The van der Waals surface area contributed by atoms with E-state index in [2.05, 4.69) is 31.8 Å². The first kappa shape index (κ1) is 48.4. The molecule has 0 bridgehead atoms. The van der Waals surface area contributed by atoms with Crippen LogP contribution in [0.1, 0.15) is 53.0 Å². The summed E-state index contributed by atoms with van der Waals surface area (Å²) in [6, 6.07) is 35.2. The van der Waals surface area contributed by atoms with E-state index >= 15 is 0 Å². The summed E-state index contributed by atoms with van der Waals surface area (Å²) in [5, 5.41) is 0.0370. The van der Waals surface area contributed by atoms with E-state index < -0.39 is 42.7 Å². The van der Waals surface area contributed by atoms with E-state index in [9.17, 15) is 9.59 Å². The number of rotatable bonds is 20. The van der Waals surface area contributed by atoms with Gasteiger partial charge in [-0.05, 0) is 60.7 Å². The number of fused-ring (bicyclic) bond motifs is 1. The first-order chi connectivity index (χ1) is 32.6. The topological polar surface area (TPSA) is 155 Å². The van der Waals surface area contributed by atoms with Crippen LogP contribution in [0.15, 0.2) is 125 Å². The lowest BCUT2D eigenvalue weighted by Gasteiger charge is -2.41. The van der Waals surface area contributed by atoms with Crippen molar-refractivity contribution in [2.45, 2.75) is 49.4 Å². The molecule has 4 heterocycles. The van der Waals surface area contributed by atoms with Crippen molar-refractivity contribution in [3.05, 3.63) is 148 Å². The van der Waals surface area contributed by atoms with Crippen LogP contribution in [-0.2, 0) is 24.3 Å². The van der Waals surface area contributed by atoms with Gasteiger partial charge in [0.1, 0.15) is 34.9 Å². The molecule has 352 valence electrons. The molecule has 1 N–H and O–H groups in total. The number of nitrogens with zero attached hydrogens (tertiary/aromatic N) is 6. The number of benzene rings is 4. The van der Waals surface area contributed by atoms with E-state index in [1.807, 2.05) is 118 Å². The van der Waals surface area contributed by atoms with Crippen LogP contribution in [0.3, 0.4) is 0 Å². The number of hydrogen-bond donors (Lipinski definition) is 1. The van der Waals surface area contributed by atoms with Crippen molar-refractivity contribution in [3.63, 3.8) is 0 Å². The van der Waals surface area contributed by atoms with E-state index in [1.54, 1.807) is 54.8 Å². The van der Waals surface area contributed by atoms with E-state index in [0.717, 1.165) is 42.6 Å². The van der Waals surface area contributed by atoms with Crippen molar-refractivity contribution < 1.29 is 33.0 Å². The molecule has 2 fully saturated rings. The van der Waals surface area contributed by atoms with Gasteiger partial charge in [-0.3, -0.25) is 23.8 Å². The van der Waals surface area contributed by atoms with Gasteiger partial charge >= 0.3 is 0 Å². The Kier molecular flexibility index (Phi) is 15.8. The fourth-order valence-electron chi connectivity index (χ4n) is 8.35. The summed E-state index contributed by atoms with van der Waals surface area (Å²) in [7, 11) is 7.28. The maximum absolute atomic E-state index is 13.4. The molecule has 8 rings (SSSR count). The number of nitrogens with one attached hydrogen (secondary N) is 1. The van der Waals surface area contributed by atoms with Crippen molar-refractivity contribution in [2.24, 2.45) is 4.99 Å². The standard InChI is InChI=1S/C49H56N7O8PS2/c1-48(31-62-49(35-17-11-8-12-18-35,36-19-23-38(59-4)24-20-36)37-21-25-39(60-5)26-22-37)42(64-65(55-27-13-14-28-55)67-30-29-66-46(58)34-15-9-7-10-16-34)41(61-6)45(63-48)56-33-50-40-43(56)52-47(53-44(40)57)51-32-54(2)3/h7-12,15-26,32-33,41-42,45H,13-14,27-31H2,1-6H3,(H,52,53,57)/t41-,42+,45-,48+,65?/m0/s1. The maximum Gasteiger partial charge on any atom is 0.280 e. The number of hydrogen-bond acceptors (Lipinski definition) is 14. The second-order valence-electron chi connectivity index (χ2n) is 16.5. The fourth-order valence-corrected chi connectivity index (χ4v) is 13.7. The van der Waals surface area contributed by atoms with E-state index in [1.165, 1.54) is 11.8 Å². The molecule has 6 aromatic rings. The van der Waals surface area contributed by atoms with Gasteiger partial charge in [0, 0.05) is 51.4 Å². The van der Waals surface area contributed by atoms with Gasteiger partial charge in [0.25, 0.3) is 5.56 Å². The van der Waals surface area contributed by atoms with Crippen LogP contribution in [-0.4, -0.2) is 125 Å². The molecule has 2 aliphatic rings. The van der Waals surface area contributed by atoms with Crippen LogP contribution >= 0.6 is 30.6 Å². The quantitative estimate of drug-likeness (QED) is 0.0255. The van der Waals surface area contributed by atoms with Crippen molar-refractivity contribution in [3.8, 4) is 11.5 Å². The third-order valence-electron chi connectivity index (χ3n) is 11.7. The number of carbonyl (C=O) groups excluding carboxylic acids is 1. The lowest BCUT2D eigenvalue weighted by molar-refractivity contribution is -0.146. The van der Waals surface area contributed by atoms with Gasteiger partial charge in [0.2, 0.25) is 11.1 Å². The Hall–Kier alpha value is -5.10. The highest BCUT2D eigenvalue weighted by molar-refractivity contribution is 8.53. The zero-order valence-electron chi connectivity index (χ0n) is 38.4. The third kappa shape index (κ3) is 10.6. The van der Waals surface area contributed by atoms with Crippen LogP contribution in [0.5, 0.6) is 11.5 Å². The Morgan fingerprint density at radius 3 is 2.12 bits per heavy atom. The molecular formula is C49H56N7O8PS2. The monoisotopic (exact) mass is 965 g/mol. The van der Waals surface area contributed by atoms with Gasteiger partial charge in [-0.15, -0.1) is 0 Å². The molecule has 0 aliphatic carbocycles. The fraction of sp³-hybridized carbons (Fsp3) is 0.367. The number of methoxy groups -OCH3 is 3. The highest BCUT2D eigenvalue weighted by Crippen LogP contribution is 2.60. The summed E-state index contributed by atoms with van der Waals surface area (Å²) in [5.74, 6) is 2.81. The van der Waals surface area contributed by atoms with Gasteiger partial charge in [-0.2, -0.15) is 4.98 Å². The SMILES string of the molecule is COc1ccc(C(OC[C@@]2(C)O[C@H](n3cnc4c(=O)[nH]c(N=CN(C)C)nc43)[C@@H](OC)[C@H]2OP(SCCSC(=O)c2ccccc2)N2CCCC2)(c2ccccc2)c2ccc(OC)cc2)cc1. The number of thioether (sulfide) groups is 1. The molecule has 0 spiro atoms. The first-order valence-corrected chi connectivity index (χ1v) is 25.8. The highest BCUT2D eigenvalue weighted by atomic mass is 32.7. The molecule has 0 saturated carbocycles. The minimum Gasteiger partial charge on any atom is -0.497 e. The van der Waals surface area contributed by atoms with Gasteiger partial charge in [0.15, 0.2) is 24.9 Å². The van der Waals surface area contributed by atoms with Crippen LogP contribution in [0.25, 0.3) is 11.2 Å². The van der Waals surface area contributed by atoms with E-state index in [4.69, 9.17) is 33.2 Å². The van der Waals surface area contributed by atoms with Crippen LogP contribution in [0.4, 0.5) is 5.95 Å². The Balaban J connectivity index is 1.20. The summed E-state index contributed by atoms with van der Waals surface area (Å²) >= 11 is 3.02. The van der Waals surface area contributed by atoms with Crippen molar-refractivity contribution in [2.75, 3.05) is 66.6 Å². The van der Waals surface area contributed by atoms with Crippen molar-refractivity contribution >= 4 is 59.2 Å². The Morgan fingerprint density at radius 2 is 1.52 bits per heavy atom. The van der Waals surface area contributed by atoms with Crippen LogP contribution < -0.4 is 15.0 Å². The number of imidazole rings is 1. The smallest absolute Gasteiger partial charge is 0.280 e. The molecule has 2 aliphatic heterocycles. The lowest BCUT2D eigenvalue weighted by atomic mass is 9.79. The second kappa shape index (κ2) is 21.9. The second-order valence-corrected chi connectivity index (χ2v) is 21.2. The number of H-pyrrole nitrogens is 1. The normalized spacial score (nSPS) is 20.4. The highest BCUT2D eigenvalue weighted by Gasteiger charge is 2.57. The van der Waals surface area contributed by atoms with Crippen molar-refractivity contribution in [1.29, 1.82) is 0 Å². The number of aromatic nitrogens is 4. The summed E-state index contributed by atoms with van der Waals surface area (Å²) < 4.78 is 44.1. The van der Waals surface area contributed by atoms with Gasteiger partial charge in [-0.1, -0.05) is 108 Å².